The molecule has 5 heteroatoms. The van der Waals surface area contributed by atoms with Crippen LogP contribution in [0.15, 0.2) is 21.8 Å². The first-order valence-electron chi connectivity index (χ1n) is 4.70. The van der Waals surface area contributed by atoms with Crippen molar-refractivity contribution in [3.8, 4) is 0 Å². The number of hydrogen-bond donors (Lipinski definition) is 1. The van der Waals surface area contributed by atoms with E-state index < -0.39 is 0 Å². The van der Waals surface area contributed by atoms with Crippen LogP contribution in [0.5, 0.6) is 0 Å². The van der Waals surface area contributed by atoms with Gasteiger partial charge >= 0.3 is 5.97 Å². The molecular weight excluding hydrogens is 326 g/mol. The van der Waals surface area contributed by atoms with E-state index in [1.807, 2.05) is 13.0 Å². The first kappa shape index (κ1) is 12.8. The maximum atomic E-state index is 11.6. The van der Waals surface area contributed by atoms with Crippen molar-refractivity contribution >= 4 is 37.8 Å². The first-order chi connectivity index (χ1) is 7.10. The lowest BCUT2D eigenvalue weighted by Gasteiger charge is -2.24. The lowest BCUT2D eigenvalue weighted by Crippen LogP contribution is -2.35. The van der Waals surface area contributed by atoms with Crippen molar-refractivity contribution in [2.24, 2.45) is 0 Å². The van der Waals surface area contributed by atoms with Gasteiger partial charge in [-0.2, -0.15) is 0 Å². The fourth-order valence-corrected chi connectivity index (χ4v) is 2.65. The van der Waals surface area contributed by atoms with Gasteiger partial charge in [0.1, 0.15) is 0 Å². The summed E-state index contributed by atoms with van der Waals surface area (Å²) in [6.07, 6.45) is 1.82. The highest BCUT2D eigenvalue weighted by atomic mass is 79.9. The van der Waals surface area contributed by atoms with Gasteiger partial charge in [-0.25, -0.2) is 4.79 Å². The third-order valence-electron chi connectivity index (χ3n) is 2.07. The third kappa shape index (κ3) is 3.08. The van der Waals surface area contributed by atoms with Gasteiger partial charge in [0.2, 0.25) is 0 Å². The van der Waals surface area contributed by atoms with Gasteiger partial charge < -0.3 is 10.1 Å². The van der Waals surface area contributed by atoms with Crippen LogP contribution in [0.1, 0.15) is 13.8 Å². The largest absolute Gasteiger partial charge is 0.463 e. The van der Waals surface area contributed by atoms with Crippen LogP contribution >= 0.6 is 31.9 Å². The molecule has 1 rings (SSSR count). The summed E-state index contributed by atoms with van der Waals surface area (Å²) in [4.78, 5) is 11.6. The van der Waals surface area contributed by atoms with Gasteiger partial charge in [0.05, 0.1) is 18.2 Å². The van der Waals surface area contributed by atoms with Crippen LogP contribution in [-0.2, 0) is 9.53 Å². The Hall–Kier alpha value is -0.290. The second kappa shape index (κ2) is 5.70. The standard InChI is InChI=1S/C10H13Br2NO2/c1-3-15-10(14)7-4-8(12)9(5-11)13-6(7)2/h4,6,13H,3,5H2,1-2H3. The molecule has 1 N–H and O–H groups in total. The van der Waals surface area contributed by atoms with Gasteiger partial charge in [0, 0.05) is 15.5 Å². The molecule has 0 saturated carbocycles. The van der Waals surface area contributed by atoms with E-state index in [9.17, 15) is 4.79 Å². The zero-order valence-electron chi connectivity index (χ0n) is 8.64. The van der Waals surface area contributed by atoms with E-state index in [0.717, 1.165) is 15.5 Å². The molecule has 0 aromatic rings. The summed E-state index contributed by atoms with van der Waals surface area (Å²) in [5, 5.41) is 3.95. The Morgan fingerprint density at radius 1 is 1.67 bits per heavy atom. The van der Waals surface area contributed by atoms with Crippen molar-refractivity contribution in [3.05, 3.63) is 21.8 Å². The Morgan fingerprint density at radius 2 is 2.33 bits per heavy atom. The molecule has 0 saturated heterocycles. The molecule has 1 aliphatic heterocycles. The van der Waals surface area contributed by atoms with E-state index in [0.29, 0.717) is 12.2 Å². The zero-order valence-corrected chi connectivity index (χ0v) is 11.8. The van der Waals surface area contributed by atoms with Crippen molar-refractivity contribution in [2.45, 2.75) is 19.9 Å². The second-order valence-corrected chi connectivity index (χ2v) is 4.56. The maximum absolute atomic E-state index is 11.6. The van der Waals surface area contributed by atoms with Crippen LogP contribution in [0.2, 0.25) is 0 Å². The van der Waals surface area contributed by atoms with E-state index in [1.54, 1.807) is 6.92 Å². The highest BCUT2D eigenvalue weighted by Crippen LogP contribution is 2.23. The molecule has 3 nitrogen and oxygen atoms in total. The summed E-state index contributed by atoms with van der Waals surface area (Å²) in [5.74, 6) is -0.261. The number of halogens is 2. The highest BCUT2D eigenvalue weighted by Gasteiger charge is 2.23. The average molecular weight is 339 g/mol. The minimum atomic E-state index is -0.261. The number of carbonyl (C=O) groups excluding carboxylic acids is 1. The molecular formula is C10H13Br2NO2. The molecule has 0 spiro atoms. The molecule has 1 unspecified atom stereocenters. The van der Waals surface area contributed by atoms with Crippen LogP contribution in [-0.4, -0.2) is 23.9 Å². The molecule has 15 heavy (non-hydrogen) atoms. The smallest absolute Gasteiger partial charge is 0.336 e. The van der Waals surface area contributed by atoms with Crippen LogP contribution in [0.25, 0.3) is 0 Å². The molecule has 0 radical (unpaired) electrons. The molecule has 0 aromatic carbocycles. The number of esters is 1. The topological polar surface area (TPSA) is 38.3 Å². The average Bonchev–Trinajstić information content (AvgIpc) is 2.21. The number of nitrogens with one attached hydrogen (secondary N) is 1. The normalized spacial score (nSPS) is 20.8. The summed E-state index contributed by atoms with van der Waals surface area (Å²) >= 11 is 6.78. The van der Waals surface area contributed by atoms with Crippen LogP contribution in [0, 0.1) is 0 Å². The number of hydrogen-bond acceptors (Lipinski definition) is 3. The molecule has 1 atom stereocenters. The fraction of sp³-hybridized carbons (Fsp3) is 0.500. The quantitative estimate of drug-likeness (QED) is 0.634. The number of carbonyl (C=O) groups is 1. The van der Waals surface area contributed by atoms with E-state index in [4.69, 9.17) is 4.74 Å². The predicted octanol–water partition coefficient (Wildman–Crippen LogP) is 2.47. The Balaban J connectivity index is 2.89. The minimum absolute atomic E-state index is 0.0158. The van der Waals surface area contributed by atoms with Crippen LogP contribution < -0.4 is 5.32 Å². The predicted molar refractivity (Wildman–Crippen MR) is 67.1 cm³/mol. The monoisotopic (exact) mass is 337 g/mol. The molecule has 0 fully saturated rings. The molecule has 0 amide bonds. The Kier molecular flexibility index (Phi) is 4.86. The SMILES string of the molecule is CCOC(=O)C1=CC(Br)=C(CBr)NC1C. The van der Waals surface area contributed by atoms with E-state index in [1.165, 1.54) is 0 Å². The minimum Gasteiger partial charge on any atom is -0.463 e. The molecule has 84 valence electrons. The molecule has 0 aromatic heterocycles. The van der Waals surface area contributed by atoms with E-state index in [2.05, 4.69) is 37.2 Å². The van der Waals surface area contributed by atoms with Gasteiger partial charge in [-0.3, -0.25) is 0 Å². The summed E-state index contributed by atoms with van der Waals surface area (Å²) in [5.41, 5.74) is 1.68. The van der Waals surface area contributed by atoms with Crippen LogP contribution in [0.3, 0.4) is 0 Å². The lowest BCUT2D eigenvalue weighted by atomic mass is 10.1. The van der Waals surface area contributed by atoms with Gasteiger partial charge in [0.25, 0.3) is 0 Å². The highest BCUT2D eigenvalue weighted by molar-refractivity contribution is 9.12. The molecule has 1 heterocycles. The first-order valence-corrected chi connectivity index (χ1v) is 6.61. The van der Waals surface area contributed by atoms with Crippen molar-refractivity contribution in [2.75, 3.05) is 11.9 Å². The van der Waals surface area contributed by atoms with Gasteiger partial charge in [0.15, 0.2) is 0 Å². The molecule has 1 aliphatic rings. The van der Waals surface area contributed by atoms with Crippen molar-refractivity contribution in [1.29, 1.82) is 0 Å². The number of ether oxygens (including phenoxy) is 1. The van der Waals surface area contributed by atoms with Crippen molar-refractivity contribution in [3.63, 3.8) is 0 Å². The molecule has 0 bridgehead atoms. The Bertz CT molecular complexity index is 323. The summed E-state index contributed by atoms with van der Waals surface area (Å²) in [6, 6.07) is -0.0158. The summed E-state index contributed by atoms with van der Waals surface area (Å²) in [6.45, 7) is 4.13. The molecule has 0 aliphatic carbocycles. The number of allylic oxidation sites excluding steroid dienone is 3. The van der Waals surface area contributed by atoms with Crippen LogP contribution in [0.4, 0.5) is 0 Å². The maximum Gasteiger partial charge on any atom is 0.336 e. The van der Waals surface area contributed by atoms with E-state index >= 15 is 0 Å². The van der Waals surface area contributed by atoms with E-state index in [-0.39, 0.29) is 12.0 Å². The van der Waals surface area contributed by atoms with Gasteiger partial charge in [-0.15, -0.1) is 0 Å². The Morgan fingerprint density at radius 3 is 2.87 bits per heavy atom. The fourth-order valence-electron chi connectivity index (χ4n) is 1.31. The summed E-state index contributed by atoms with van der Waals surface area (Å²) < 4.78 is 5.86. The Labute approximate surface area is 106 Å². The number of dihydropyridines is 1. The van der Waals surface area contributed by atoms with Gasteiger partial charge in [-0.05, 0) is 35.9 Å². The third-order valence-corrected chi connectivity index (χ3v) is 3.34. The number of rotatable bonds is 3. The summed E-state index contributed by atoms with van der Waals surface area (Å²) in [7, 11) is 0. The zero-order chi connectivity index (χ0) is 11.4. The van der Waals surface area contributed by atoms with Gasteiger partial charge in [-0.1, -0.05) is 15.9 Å². The number of alkyl halides is 1. The van der Waals surface area contributed by atoms with Crippen molar-refractivity contribution < 1.29 is 9.53 Å². The second-order valence-electron chi connectivity index (χ2n) is 3.15. The van der Waals surface area contributed by atoms with Crippen molar-refractivity contribution in [1.82, 2.24) is 5.32 Å². The lowest BCUT2D eigenvalue weighted by molar-refractivity contribution is -0.138.